The van der Waals surface area contributed by atoms with Crippen LogP contribution in [0.25, 0.3) is 11.3 Å². The van der Waals surface area contributed by atoms with Crippen LogP contribution in [0.3, 0.4) is 0 Å². The van der Waals surface area contributed by atoms with Gasteiger partial charge < -0.3 is 19.1 Å². The minimum atomic E-state index is -0.134. The summed E-state index contributed by atoms with van der Waals surface area (Å²) in [6.07, 6.45) is 6.15. The van der Waals surface area contributed by atoms with Crippen molar-refractivity contribution in [2.75, 3.05) is 49.6 Å². The van der Waals surface area contributed by atoms with Gasteiger partial charge in [0, 0.05) is 67.9 Å². The second kappa shape index (κ2) is 10.1. The second-order valence-corrected chi connectivity index (χ2v) is 11.1. The van der Waals surface area contributed by atoms with Crippen LogP contribution in [0.5, 0.6) is 0 Å². The first-order valence-corrected chi connectivity index (χ1v) is 13.0. The SMILES string of the molecule is CN1CCN(c2cccnc2C[C@H]2CCCN(c3ccc(-c4coc(C(C)(C)C)n4)cc3)C2=O)CC1. The molecule has 7 heteroatoms. The normalized spacial score (nSPS) is 19.7. The number of anilines is 2. The average Bonchev–Trinajstić information content (AvgIpc) is 3.38. The minimum Gasteiger partial charge on any atom is -0.448 e. The molecule has 0 saturated carbocycles. The fraction of sp³-hybridized carbons (Fsp3) is 0.483. The number of aromatic nitrogens is 2. The summed E-state index contributed by atoms with van der Waals surface area (Å²) in [7, 11) is 2.16. The zero-order valence-electron chi connectivity index (χ0n) is 21.9. The average molecular weight is 488 g/mol. The van der Waals surface area contributed by atoms with Gasteiger partial charge in [-0.1, -0.05) is 32.9 Å². The van der Waals surface area contributed by atoms with Gasteiger partial charge in [-0.3, -0.25) is 9.78 Å². The van der Waals surface area contributed by atoms with Crippen molar-refractivity contribution in [2.45, 2.75) is 45.4 Å². The van der Waals surface area contributed by atoms with Crippen molar-refractivity contribution in [1.29, 1.82) is 0 Å². The van der Waals surface area contributed by atoms with E-state index in [1.807, 2.05) is 41.4 Å². The topological polar surface area (TPSA) is 65.7 Å². The Kier molecular flexibility index (Phi) is 6.84. The van der Waals surface area contributed by atoms with Crippen molar-refractivity contribution in [3.63, 3.8) is 0 Å². The van der Waals surface area contributed by atoms with E-state index in [0.717, 1.165) is 74.1 Å². The number of carbonyl (C=O) groups excluding carboxylic acids is 1. The molecule has 190 valence electrons. The first-order valence-electron chi connectivity index (χ1n) is 13.0. The number of pyridine rings is 1. The number of piperidine rings is 1. The highest BCUT2D eigenvalue weighted by atomic mass is 16.3. The quantitative estimate of drug-likeness (QED) is 0.516. The molecule has 0 bridgehead atoms. The molecule has 4 heterocycles. The Bertz CT molecular complexity index is 1190. The van der Waals surface area contributed by atoms with E-state index in [9.17, 15) is 4.79 Å². The standard InChI is InChI=1S/C29H37N5O2/c1-29(2,3)28-31-25(20-36-28)21-9-11-23(12-10-21)34-14-6-7-22(27(34)35)19-24-26(8-5-13-30-24)33-17-15-32(4)16-18-33/h5,8-13,20,22H,6-7,14-19H2,1-4H3/t22-/m1/s1. The number of nitrogens with zero attached hydrogens (tertiary/aromatic N) is 5. The molecule has 3 aromatic rings. The number of benzene rings is 1. The Morgan fingerprint density at radius 3 is 2.47 bits per heavy atom. The number of rotatable bonds is 5. The first kappa shape index (κ1) is 24.5. The molecule has 1 aromatic carbocycles. The van der Waals surface area contributed by atoms with E-state index >= 15 is 0 Å². The van der Waals surface area contributed by atoms with Gasteiger partial charge in [0.25, 0.3) is 0 Å². The number of hydrogen-bond donors (Lipinski definition) is 0. The summed E-state index contributed by atoms with van der Waals surface area (Å²) in [5, 5.41) is 0. The summed E-state index contributed by atoms with van der Waals surface area (Å²) < 4.78 is 5.69. The summed E-state index contributed by atoms with van der Waals surface area (Å²) >= 11 is 0. The highest BCUT2D eigenvalue weighted by Crippen LogP contribution is 2.31. The van der Waals surface area contributed by atoms with Gasteiger partial charge in [0.15, 0.2) is 5.89 Å². The van der Waals surface area contributed by atoms with Crippen LogP contribution >= 0.6 is 0 Å². The van der Waals surface area contributed by atoms with E-state index in [0.29, 0.717) is 6.42 Å². The Balaban J connectivity index is 1.30. The lowest BCUT2D eigenvalue weighted by atomic mass is 9.91. The molecule has 2 aliphatic heterocycles. The highest BCUT2D eigenvalue weighted by Gasteiger charge is 2.31. The predicted octanol–water partition coefficient (Wildman–Crippen LogP) is 4.77. The van der Waals surface area contributed by atoms with E-state index in [1.165, 1.54) is 5.69 Å². The van der Waals surface area contributed by atoms with Crippen LogP contribution in [-0.4, -0.2) is 60.5 Å². The summed E-state index contributed by atoms with van der Waals surface area (Å²) in [6.45, 7) is 11.1. The van der Waals surface area contributed by atoms with Crippen molar-refractivity contribution in [1.82, 2.24) is 14.9 Å². The summed E-state index contributed by atoms with van der Waals surface area (Å²) in [4.78, 5) is 29.7. The first-order chi connectivity index (χ1) is 17.3. The third kappa shape index (κ3) is 5.16. The third-order valence-electron chi connectivity index (χ3n) is 7.32. The molecule has 2 aliphatic rings. The van der Waals surface area contributed by atoms with Gasteiger partial charge in [-0.05, 0) is 44.2 Å². The van der Waals surface area contributed by atoms with Gasteiger partial charge in [-0.25, -0.2) is 4.98 Å². The number of hydrogen-bond acceptors (Lipinski definition) is 6. The van der Waals surface area contributed by atoms with E-state index in [1.54, 1.807) is 6.26 Å². The number of oxazole rings is 1. The van der Waals surface area contributed by atoms with Crippen molar-refractivity contribution in [3.8, 4) is 11.3 Å². The molecule has 2 saturated heterocycles. The summed E-state index contributed by atoms with van der Waals surface area (Å²) in [5.74, 6) is 0.867. The monoisotopic (exact) mass is 487 g/mol. The largest absolute Gasteiger partial charge is 0.448 e. The van der Waals surface area contributed by atoms with Crippen LogP contribution in [0.1, 0.15) is 45.2 Å². The number of carbonyl (C=O) groups is 1. The predicted molar refractivity (Wildman–Crippen MR) is 143 cm³/mol. The Morgan fingerprint density at radius 1 is 1.03 bits per heavy atom. The van der Waals surface area contributed by atoms with Crippen molar-refractivity contribution in [3.05, 3.63) is 60.4 Å². The van der Waals surface area contributed by atoms with Crippen LogP contribution in [0.4, 0.5) is 11.4 Å². The lowest BCUT2D eigenvalue weighted by Crippen LogP contribution is -2.45. The third-order valence-corrected chi connectivity index (χ3v) is 7.32. The lowest BCUT2D eigenvalue weighted by molar-refractivity contribution is -0.123. The van der Waals surface area contributed by atoms with Gasteiger partial charge in [0.2, 0.25) is 5.91 Å². The van der Waals surface area contributed by atoms with Crippen LogP contribution in [0, 0.1) is 5.92 Å². The maximum Gasteiger partial charge on any atom is 0.230 e. The Morgan fingerprint density at radius 2 is 1.78 bits per heavy atom. The molecule has 1 amide bonds. The van der Waals surface area contributed by atoms with Gasteiger partial charge in [-0.2, -0.15) is 0 Å². The lowest BCUT2D eigenvalue weighted by Gasteiger charge is -2.36. The van der Waals surface area contributed by atoms with E-state index < -0.39 is 0 Å². The molecule has 1 atom stereocenters. The van der Waals surface area contributed by atoms with E-state index in [2.05, 4.69) is 48.7 Å². The van der Waals surface area contributed by atoms with Gasteiger partial charge in [0.1, 0.15) is 12.0 Å². The summed E-state index contributed by atoms with van der Waals surface area (Å²) in [6, 6.07) is 12.3. The molecule has 0 spiro atoms. The smallest absolute Gasteiger partial charge is 0.230 e. The van der Waals surface area contributed by atoms with E-state index in [4.69, 9.17) is 9.40 Å². The zero-order valence-corrected chi connectivity index (χ0v) is 21.9. The van der Waals surface area contributed by atoms with Gasteiger partial charge >= 0.3 is 0 Å². The molecular weight excluding hydrogens is 450 g/mol. The molecule has 0 unspecified atom stereocenters. The Labute approximate surface area is 214 Å². The summed E-state index contributed by atoms with van der Waals surface area (Å²) in [5.41, 5.74) is 4.84. The maximum atomic E-state index is 13.6. The van der Waals surface area contributed by atoms with Crippen molar-refractivity contribution < 1.29 is 9.21 Å². The fourth-order valence-corrected chi connectivity index (χ4v) is 5.11. The van der Waals surface area contributed by atoms with Gasteiger partial charge in [0.05, 0.1) is 11.4 Å². The number of piperazine rings is 1. The van der Waals surface area contributed by atoms with Crippen LogP contribution in [0.2, 0.25) is 0 Å². The molecule has 2 aromatic heterocycles. The molecule has 0 radical (unpaired) electrons. The second-order valence-electron chi connectivity index (χ2n) is 11.1. The molecule has 36 heavy (non-hydrogen) atoms. The molecule has 0 aliphatic carbocycles. The van der Waals surface area contributed by atoms with Crippen LogP contribution in [-0.2, 0) is 16.6 Å². The van der Waals surface area contributed by atoms with Crippen molar-refractivity contribution in [2.24, 2.45) is 5.92 Å². The highest BCUT2D eigenvalue weighted by molar-refractivity contribution is 5.96. The molecule has 5 rings (SSSR count). The molecule has 7 nitrogen and oxygen atoms in total. The molecule has 2 fully saturated rings. The Hall–Kier alpha value is -3.19. The number of likely N-dealkylation sites (N-methyl/N-ethyl adjacent to an activating group) is 1. The zero-order chi connectivity index (χ0) is 25.3. The van der Waals surface area contributed by atoms with E-state index in [-0.39, 0.29) is 17.2 Å². The van der Waals surface area contributed by atoms with Crippen LogP contribution in [0.15, 0.2) is 53.3 Å². The minimum absolute atomic E-state index is 0.0515. The molecule has 0 N–H and O–H groups in total. The molecular formula is C29H37N5O2. The van der Waals surface area contributed by atoms with Crippen LogP contribution < -0.4 is 9.80 Å². The van der Waals surface area contributed by atoms with Gasteiger partial charge in [-0.15, -0.1) is 0 Å². The number of amides is 1. The fourth-order valence-electron chi connectivity index (χ4n) is 5.11. The van der Waals surface area contributed by atoms with Crippen molar-refractivity contribution >= 4 is 17.3 Å². The maximum absolute atomic E-state index is 13.6.